The van der Waals surface area contributed by atoms with Gasteiger partial charge in [0.05, 0.1) is 0 Å². The van der Waals surface area contributed by atoms with Crippen LogP contribution in [0.15, 0.2) is 59.5 Å². The third kappa shape index (κ3) is 2.40. The lowest BCUT2D eigenvalue weighted by Gasteiger charge is -2.09. The van der Waals surface area contributed by atoms with E-state index >= 15 is 0 Å². The first-order valence-electron chi connectivity index (χ1n) is 7.57. The van der Waals surface area contributed by atoms with Gasteiger partial charge in [-0.15, -0.1) is 0 Å². The summed E-state index contributed by atoms with van der Waals surface area (Å²) in [6.07, 6.45) is 5.53. The second-order valence-electron chi connectivity index (χ2n) is 5.75. The molecule has 0 saturated carbocycles. The summed E-state index contributed by atoms with van der Waals surface area (Å²) in [6.45, 7) is 4.35. The van der Waals surface area contributed by atoms with E-state index in [0.717, 1.165) is 11.1 Å². The number of pyridine rings is 1. The van der Waals surface area contributed by atoms with Gasteiger partial charge < -0.3 is 9.09 Å². The maximum atomic E-state index is 5.37. The van der Waals surface area contributed by atoms with Gasteiger partial charge in [0.25, 0.3) is 5.89 Å². The lowest BCUT2D eigenvalue weighted by molar-refractivity contribution is 0.432. The summed E-state index contributed by atoms with van der Waals surface area (Å²) in [5.74, 6) is 1.10. The summed E-state index contributed by atoms with van der Waals surface area (Å²) < 4.78 is 7.61. The smallest absolute Gasteiger partial charge is 0.258 e. The van der Waals surface area contributed by atoms with Crippen LogP contribution in [0.5, 0.6) is 0 Å². The zero-order valence-corrected chi connectivity index (χ0v) is 13.0. The van der Waals surface area contributed by atoms with Crippen LogP contribution in [-0.4, -0.2) is 19.7 Å². The largest absolute Gasteiger partial charge is 0.345 e. The van der Waals surface area contributed by atoms with Crippen molar-refractivity contribution in [1.29, 1.82) is 0 Å². The Morgan fingerprint density at radius 1 is 1.00 bits per heavy atom. The lowest BCUT2D eigenvalue weighted by Crippen LogP contribution is -1.97. The van der Waals surface area contributed by atoms with E-state index in [9.17, 15) is 0 Å². The first-order valence-corrected chi connectivity index (χ1v) is 7.57. The lowest BCUT2D eigenvalue weighted by atomic mass is 10.1. The molecule has 0 spiro atoms. The summed E-state index contributed by atoms with van der Waals surface area (Å²) in [6, 6.07) is 12.5. The minimum absolute atomic E-state index is 0.432. The average molecular weight is 304 g/mol. The van der Waals surface area contributed by atoms with Gasteiger partial charge in [0.15, 0.2) is 0 Å². The van der Waals surface area contributed by atoms with Crippen molar-refractivity contribution in [3.05, 3.63) is 55.0 Å². The number of rotatable bonds is 3. The van der Waals surface area contributed by atoms with Gasteiger partial charge in [0, 0.05) is 46.7 Å². The first-order chi connectivity index (χ1) is 11.2. The number of benzene rings is 1. The maximum Gasteiger partial charge on any atom is 0.258 e. The van der Waals surface area contributed by atoms with Crippen molar-refractivity contribution in [3.8, 4) is 22.8 Å². The summed E-state index contributed by atoms with van der Waals surface area (Å²) in [5.41, 5.74) is 3.02. The molecule has 0 aliphatic carbocycles. The minimum Gasteiger partial charge on any atom is -0.345 e. The maximum absolute atomic E-state index is 5.37. The molecule has 4 aromatic rings. The van der Waals surface area contributed by atoms with Crippen LogP contribution in [0.4, 0.5) is 0 Å². The number of nitrogens with zero attached hydrogens (tertiary/aromatic N) is 4. The molecule has 114 valence electrons. The van der Waals surface area contributed by atoms with Crippen LogP contribution >= 0.6 is 0 Å². The van der Waals surface area contributed by atoms with Gasteiger partial charge in [-0.05, 0) is 50.2 Å². The fourth-order valence-corrected chi connectivity index (χ4v) is 2.71. The number of fused-ring (bicyclic) bond motifs is 1. The molecule has 5 heteroatoms. The van der Waals surface area contributed by atoms with Gasteiger partial charge >= 0.3 is 0 Å². The van der Waals surface area contributed by atoms with Gasteiger partial charge in [-0.1, -0.05) is 5.16 Å². The quantitative estimate of drug-likeness (QED) is 0.565. The Kier molecular flexibility index (Phi) is 3.19. The van der Waals surface area contributed by atoms with Crippen LogP contribution in [0, 0.1) is 0 Å². The fraction of sp³-hybridized carbons (Fsp3) is 0.167. The third-order valence-corrected chi connectivity index (χ3v) is 3.89. The average Bonchev–Trinajstić information content (AvgIpc) is 3.22. The van der Waals surface area contributed by atoms with Gasteiger partial charge in [-0.25, -0.2) is 0 Å². The Morgan fingerprint density at radius 3 is 2.61 bits per heavy atom. The molecule has 3 aromatic heterocycles. The van der Waals surface area contributed by atoms with E-state index in [1.165, 1.54) is 10.9 Å². The summed E-state index contributed by atoms with van der Waals surface area (Å²) in [4.78, 5) is 8.48. The molecule has 23 heavy (non-hydrogen) atoms. The Balaban J connectivity index is 1.74. The molecule has 3 heterocycles. The molecule has 0 aliphatic heterocycles. The molecular weight excluding hydrogens is 288 g/mol. The van der Waals surface area contributed by atoms with Gasteiger partial charge in [-0.2, -0.15) is 4.98 Å². The molecule has 0 saturated heterocycles. The summed E-state index contributed by atoms with van der Waals surface area (Å²) in [7, 11) is 0. The van der Waals surface area contributed by atoms with Crippen molar-refractivity contribution in [2.24, 2.45) is 0 Å². The van der Waals surface area contributed by atoms with E-state index in [4.69, 9.17) is 4.52 Å². The summed E-state index contributed by atoms with van der Waals surface area (Å²) in [5, 5.41) is 5.27. The molecule has 0 bridgehead atoms. The van der Waals surface area contributed by atoms with Crippen molar-refractivity contribution in [2.75, 3.05) is 0 Å². The van der Waals surface area contributed by atoms with Gasteiger partial charge in [0.1, 0.15) is 0 Å². The standard InChI is InChI=1S/C18H16N4O/c1-12(2)22-10-7-14-11-15(3-4-16(14)22)17-20-18(23-21-17)13-5-8-19-9-6-13/h3-12H,1-2H3. The normalized spacial score (nSPS) is 11.4. The van der Waals surface area contributed by atoms with Crippen LogP contribution in [0.3, 0.4) is 0 Å². The predicted molar refractivity (Wildman–Crippen MR) is 88.8 cm³/mol. The molecule has 0 unspecified atom stereocenters. The van der Waals surface area contributed by atoms with Crippen molar-refractivity contribution in [3.63, 3.8) is 0 Å². The van der Waals surface area contributed by atoms with Crippen LogP contribution in [0.2, 0.25) is 0 Å². The van der Waals surface area contributed by atoms with Crippen molar-refractivity contribution in [1.82, 2.24) is 19.7 Å². The van der Waals surface area contributed by atoms with Crippen molar-refractivity contribution in [2.45, 2.75) is 19.9 Å². The zero-order chi connectivity index (χ0) is 15.8. The zero-order valence-electron chi connectivity index (χ0n) is 13.0. The third-order valence-electron chi connectivity index (χ3n) is 3.89. The highest BCUT2D eigenvalue weighted by molar-refractivity contribution is 5.84. The number of hydrogen-bond acceptors (Lipinski definition) is 4. The summed E-state index contributed by atoms with van der Waals surface area (Å²) >= 11 is 0. The highest BCUT2D eigenvalue weighted by Crippen LogP contribution is 2.27. The van der Waals surface area contributed by atoms with Crippen molar-refractivity contribution >= 4 is 10.9 Å². The second kappa shape index (κ2) is 5.35. The van der Waals surface area contributed by atoms with Crippen LogP contribution < -0.4 is 0 Å². The van der Waals surface area contributed by atoms with E-state index in [2.05, 4.69) is 57.9 Å². The molecule has 4 rings (SSSR count). The Bertz CT molecular complexity index is 953. The first kappa shape index (κ1) is 13.7. The molecule has 0 aliphatic rings. The predicted octanol–water partition coefficient (Wildman–Crippen LogP) is 4.33. The molecule has 0 amide bonds. The molecule has 5 nitrogen and oxygen atoms in total. The van der Waals surface area contributed by atoms with Gasteiger partial charge in [-0.3, -0.25) is 4.98 Å². The topological polar surface area (TPSA) is 56.7 Å². The van der Waals surface area contributed by atoms with E-state index in [1.807, 2.05) is 18.2 Å². The monoisotopic (exact) mass is 304 g/mol. The molecule has 0 N–H and O–H groups in total. The Morgan fingerprint density at radius 2 is 1.83 bits per heavy atom. The van der Waals surface area contributed by atoms with Crippen molar-refractivity contribution < 1.29 is 4.52 Å². The Hall–Kier alpha value is -2.95. The number of aromatic nitrogens is 4. The minimum atomic E-state index is 0.432. The highest BCUT2D eigenvalue weighted by atomic mass is 16.5. The highest BCUT2D eigenvalue weighted by Gasteiger charge is 2.12. The van der Waals surface area contributed by atoms with E-state index in [-0.39, 0.29) is 0 Å². The van der Waals surface area contributed by atoms with Crippen LogP contribution in [-0.2, 0) is 0 Å². The van der Waals surface area contributed by atoms with E-state index in [1.54, 1.807) is 12.4 Å². The van der Waals surface area contributed by atoms with E-state index < -0.39 is 0 Å². The number of hydrogen-bond donors (Lipinski definition) is 0. The molecule has 0 fully saturated rings. The molecule has 0 atom stereocenters. The van der Waals surface area contributed by atoms with Crippen LogP contribution in [0.25, 0.3) is 33.7 Å². The second-order valence-corrected chi connectivity index (χ2v) is 5.75. The van der Waals surface area contributed by atoms with Gasteiger partial charge in [0.2, 0.25) is 5.82 Å². The SMILES string of the molecule is CC(C)n1ccc2cc(-c3noc(-c4ccncc4)n3)ccc21. The molecule has 0 radical (unpaired) electrons. The Labute approximate surface area is 133 Å². The van der Waals surface area contributed by atoms with E-state index in [0.29, 0.717) is 17.8 Å². The molecule has 1 aromatic carbocycles. The fourth-order valence-electron chi connectivity index (χ4n) is 2.71. The van der Waals surface area contributed by atoms with Crippen LogP contribution in [0.1, 0.15) is 19.9 Å². The molecular formula is C18H16N4O.